The second-order valence-corrected chi connectivity index (χ2v) is 3.66. The van der Waals surface area contributed by atoms with Crippen LogP contribution < -0.4 is 5.43 Å². The summed E-state index contributed by atoms with van der Waals surface area (Å²) in [5.74, 6) is 0. The monoisotopic (exact) mass is 195 g/mol. The molecule has 0 fully saturated rings. The smallest absolute Gasteiger partial charge is 0.178 e. The standard InChI is InChI=1S/C13H9NO/c15-11-4-3-9-1-2-10-7-8-14-13(10)12(9)6-5-11/h1-6,8H,7H2. The van der Waals surface area contributed by atoms with E-state index in [1.807, 2.05) is 24.4 Å². The van der Waals surface area contributed by atoms with Crippen LogP contribution >= 0.6 is 0 Å². The van der Waals surface area contributed by atoms with Crippen molar-refractivity contribution in [1.29, 1.82) is 0 Å². The van der Waals surface area contributed by atoms with Crippen LogP contribution in [0.5, 0.6) is 0 Å². The van der Waals surface area contributed by atoms with Crippen molar-refractivity contribution >= 4 is 22.7 Å². The fourth-order valence-corrected chi connectivity index (χ4v) is 1.93. The molecule has 0 amide bonds. The summed E-state index contributed by atoms with van der Waals surface area (Å²) < 4.78 is 0. The average molecular weight is 195 g/mol. The van der Waals surface area contributed by atoms with Crippen LogP contribution in [-0.2, 0) is 6.42 Å². The van der Waals surface area contributed by atoms with E-state index >= 15 is 0 Å². The lowest BCUT2D eigenvalue weighted by atomic mass is 10.1. The summed E-state index contributed by atoms with van der Waals surface area (Å²) in [6, 6.07) is 11.0. The Morgan fingerprint density at radius 2 is 1.80 bits per heavy atom. The number of fused-ring (bicyclic) bond motifs is 3. The van der Waals surface area contributed by atoms with Gasteiger partial charge in [0.25, 0.3) is 0 Å². The fourth-order valence-electron chi connectivity index (χ4n) is 1.93. The Hall–Kier alpha value is -1.96. The Morgan fingerprint density at radius 1 is 1.00 bits per heavy atom. The van der Waals surface area contributed by atoms with Crippen LogP contribution in [0.2, 0.25) is 0 Å². The third-order valence-corrected chi connectivity index (χ3v) is 2.71. The van der Waals surface area contributed by atoms with E-state index in [4.69, 9.17) is 0 Å². The molecule has 3 rings (SSSR count). The van der Waals surface area contributed by atoms with Crippen molar-refractivity contribution in [3.05, 3.63) is 52.2 Å². The maximum absolute atomic E-state index is 11.2. The lowest BCUT2D eigenvalue weighted by Crippen LogP contribution is -1.87. The lowest BCUT2D eigenvalue weighted by Gasteiger charge is -1.99. The zero-order chi connectivity index (χ0) is 10.3. The van der Waals surface area contributed by atoms with Gasteiger partial charge in [-0.1, -0.05) is 18.2 Å². The Balaban J connectivity index is 2.51. The Bertz CT molecular complexity index is 629. The molecule has 15 heavy (non-hydrogen) atoms. The summed E-state index contributed by atoms with van der Waals surface area (Å²) in [6.45, 7) is 0. The molecule has 2 nitrogen and oxygen atoms in total. The van der Waals surface area contributed by atoms with E-state index in [0.717, 1.165) is 22.9 Å². The summed E-state index contributed by atoms with van der Waals surface area (Å²) in [7, 11) is 0. The van der Waals surface area contributed by atoms with Crippen LogP contribution in [0.3, 0.4) is 0 Å². The molecule has 0 aliphatic carbocycles. The number of hydrogen-bond acceptors (Lipinski definition) is 2. The molecule has 0 atom stereocenters. The minimum Gasteiger partial charge on any atom is -0.290 e. The van der Waals surface area contributed by atoms with Crippen molar-refractivity contribution in [2.75, 3.05) is 0 Å². The first-order valence-corrected chi connectivity index (χ1v) is 4.93. The zero-order valence-corrected chi connectivity index (χ0v) is 8.10. The van der Waals surface area contributed by atoms with Crippen molar-refractivity contribution in [3.8, 4) is 0 Å². The van der Waals surface area contributed by atoms with Gasteiger partial charge in [-0.2, -0.15) is 0 Å². The van der Waals surface area contributed by atoms with Crippen LogP contribution in [0.1, 0.15) is 5.56 Å². The molecule has 2 aromatic rings. The molecule has 0 aromatic heterocycles. The maximum Gasteiger partial charge on any atom is 0.178 e. The zero-order valence-electron chi connectivity index (χ0n) is 8.10. The Morgan fingerprint density at radius 3 is 2.73 bits per heavy atom. The minimum atomic E-state index is 0.0296. The first kappa shape index (κ1) is 8.36. The molecule has 72 valence electrons. The van der Waals surface area contributed by atoms with E-state index in [1.54, 1.807) is 12.1 Å². The molecular weight excluding hydrogens is 186 g/mol. The van der Waals surface area contributed by atoms with Crippen molar-refractivity contribution in [3.63, 3.8) is 0 Å². The number of hydrogen-bond donors (Lipinski definition) is 0. The normalized spacial score (nSPS) is 13.1. The average Bonchev–Trinajstić information content (AvgIpc) is 2.64. The van der Waals surface area contributed by atoms with Gasteiger partial charge in [-0.15, -0.1) is 0 Å². The molecule has 0 unspecified atom stereocenters. The number of benzene rings is 1. The predicted octanol–water partition coefficient (Wildman–Crippen LogP) is 2.46. The molecule has 0 saturated heterocycles. The van der Waals surface area contributed by atoms with Crippen molar-refractivity contribution < 1.29 is 0 Å². The molecule has 1 aliphatic rings. The molecule has 0 radical (unpaired) electrons. The van der Waals surface area contributed by atoms with Crippen LogP contribution in [0.4, 0.5) is 5.69 Å². The highest BCUT2D eigenvalue weighted by atomic mass is 16.1. The summed E-state index contributed by atoms with van der Waals surface area (Å²) >= 11 is 0. The van der Waals surface area contributed by atoms with Crippen LogP contribution in [0.15, 0.2) is 46.2 Å². The van der Waals surface area contributed by atoms with E-state index in [0.29, 0.717) is 0 Å². The minimum absolute atomic E-state index is 0.0296. The second kappa shape index (κ2) is 3.02. The fraction of sp³-hybridized carbons (Fsp3) is 0.0769. The molecule has 1 aliphatic heterocycles. The first-order chi connectivity index (χ1) is 7.34. The molecule has 0 saturated carbocycles. The first-order valence-electron chi connectivity index (χ1n) is 4.93. The predicted molar refractivity (Wildman–Crippen MR) is 62.1 cm³/mol. The third-order valence-electron chi connectivity index (χ3n) is 2.71. The summed E-state index contributed by atoms with van der Waals surface area (Å²) in [5.41, 5.74) is 2.28. The molecule has 2 aromatic carbocycles. The van der Waals surface area contributed by atoms with Gasteiger partial charge < -0.3 is 0 Å². The van der Waals surface area contributed by atoms with Gasteiger partial charge in [0.05, 0.1) is 5.69 Å². The molecule has 0 bridgehead atoms. The van der Waals surface area contributed by atoms with Crippen molar-refractivity contribution in [1.82, 2.24) is 0 Å². The highest BCUT2D eigenvalue weighted by Crippen LogP contribution is 2.32. The van der Waals surface area contributed by atoms with E-state index in [1.165, 1.54) is 5.56 Å². The topological polar surface area (TPSA) is 29.4 Å². The van der Waals surface area contributed by atoms with Gasteiger partial charge in [-0.05, 0) is 29.1 Å². The van der Waals surface area contributed by atoms with E-state index in [2.05, 4.69) is 11.1 Å². The molecule has 1 heterocycles. The number of rotatable bonds is 0. The summed E-state index contributed by atoms with van der Waals surface area (Å²) in [6.07, 6.45) is 2.81. The highest BCUT2D eigenvalue weighted by Gasteiger charge is 2.08. The Kier molecular flexibility index (Phi) is 1.68. The van der Waals surface area contributed by atoms with Crippen molar-refractivity contribution in [2.45, 2.75) is 6.42 Å². The maximum atomic E-state index is 11.2. The highest BCUT2D eigenvalue weighted by molar-refractivity contribution is 5.97. The molecule has 0 N–H and O–H groups in total. The lowest BCUT2D eigenvalue weighted by molar-refractivity contribution is 1.44. The van der Waals surface area contributed by atoms with Gasteiger partial charge in [0, 0.05) is 18.0 Å². The van der Waals surface area contributed by atoms with E-state index in [-0.39, 0.29) is 5.43 Å². The van der Waals surface area contributed by atoms with Crippen LogP contribution in [-0.4, -0.2) is 6.21 Å². The van der Waals surface area contributed by atoms with E-state index < -0.39 is 0 Å². The largest absolute Gasteiger partial charge is 0.290 e. The molecule has 2 heteroatoms. The molecular formula is C13H9NO. The summed E-state index contributed by atoms with van der Waals surface area (Å²) in [4.78, 5) is 15.6. The van der Waals surface area contributed by atoms with Gasteiger partial charge in [0.1, 0.15) is 0 Å². The second-order valence-electron chi connectivity index (χ2n) is 3.66. The number of aliphatic imine (C=N–C) groups is 1. The van der Waals surface area contributed by atoms with Crippen LogP contribution in [0, 0.1) is 0 Å². The van der Waals surface area contributed by atoms with Gasteiger partial charge in [0.15, 0.2) is 5.43 Å². The van der Waals surface area contributed by atoms with Gasteiger partial charge >= 0.3 is 0 Å². The van der Waals surface area contributed by atoms with Gasteiger partial charge in [0.2, 0.25) is 0 Å². The van der Waals surface area contributed by atoms with Gasteiger partial charge in [-0.3, -0.25) is 9.79 Å². The van der Waals surface area contributed by atoms with Crippen molar-refractivity contribution in [2.24, 2.45) is 4.99 Å². The van der Waals surface area contributed by atoms with Crippen LogP contribution in [0.25, 0.3) is 10.8 Å². The van der Waals surface area contributed by atoms with Gasteiger partial charge in [-0.25, -0.2) is 0 Å². The third kappa shape index (κ3) is 1.26. The SMILES string of the molecule is O=c1ccc2ccc3c(c2cc1)N=CC3. The van der Waals surface area contributed by atoms with E-state index in [9.17, 15) is 4.79 Å². The number of nitrogens with zero attached hydrogens (tertiary/aromatic N) is 1. The quantitative estimate of drug-likeness (QED) is 0.635. The summed E-state index contributed by atoms with van der Waals surface area (Å²) in [5, 5.41) is 2.12. The Labute approximate surface area is 86.9 Å². The molecule has 0 spiro atoms.